The molecule has 2 aromatic rings. The first-order valence-corrected chi connectivity index (χ1v) is 6.84. The van der Waals surface area contributed by atoms with Crippen LogP contribution in [0.3, 0.4) is 0 Å². The Hall–Kier alpha value is -2.36. The number of rotatable bonds is 5. The molecule has 0 unspecified atom stereocenters. The molecule has 4 N–H and O–H groups in total. The van der Waals surface area contributed by atoms with Crippen molar-refractivity contribution < 1.29 is 0 Å². The molecule has 6 nitrogen and oxygen atoms in total. The smallest absolute Gasteiger partial charge is 0.148 e. The molecule has 0 amide bonds. The maximum Gasteiger partial charge on any atom is 0.148 e. The molecule has 2 rings (SSSR count). The molecule has 1 aromatic heterocycles. The van der Waals surface area contributed by atoms with E-state index in [2.05, 4.69) is 33.7 Å². The number of hydrogen-bond acceptors (Lipinski definition) is 6. The second-order valence-electron chi connectivity index (χ2n) is 4.38. The number of anilines is 3. The molecule has 0 fully saturated rings. The fourth-order valence-corrected chi connectivity index (χ4v) is 2.11. The molecule has 0 saturated carbocycles. The fourth-order valence-electron chi connectivity index (χ4n) is 1.95. The Bertz CT molecular complexity index is 680. The molecule has 0 radical (unpaired) electrons. The maximum absolute atomic E-state index is 8.97. The van der Waals surface area contributed by atoms with Gasteiger partial charge >= 0.3 is 0 Å². The lowest BCUT2D eigenvalue weighted by molar-refractivity contribution is 0.903. The van der Waals surface area contributed by atoms with Crippen molar-refractivity contribution >= 4 is 28.9 Å². The van der Waals surface area contributed by atoms with E-state index in [1.54, 1.807) is 18.2 Å². The van der Waals surface area contributed by atoms with E-state index >= 15 is 0 Å². The Labute approximate surface area is 127 Å². The van der Waals surface area contributed by atoms with E-state index < -0.39 is 0 Å². The third-order valence-electron chi connectivity index (χ3n) is 2.93. The SMILES string of the molecule is CCCc1c(NN)ncnc1Nc1cc(C#N)ccc1Cl. The van der Waals surface area contributed by atoms with Crippen LogP contribution in [0.5, 0.6) is 0 Å². The number of halogens is 1. The summed E-state index contributed by atoms with van der Waals surface area (Å²) >= 11 is 6.15. The minimum Gasteiger partial charge on any atom is -0.339 e. The first-order chi connectivity index (χ1) is 10.2. The average Bonchev–Trinajstić information content (AvgIpc) is 2.51. The van der Waals surface area contributed by atoms with Gasteiger partial charge in [0.2, 0.25) is 0 Å². The lowest BCUT2D eigenvalue weighted by atomic mass is 10.1. The highest BCUT2D eigenvalue weighted by molar-refractivity contribution is 6.33. The molecule has 7 heteroatoms. The highest BCUT2D eigenvalue weighted by Crippen LogP contribution is 2.29. The monoisotopic (exact) mass is 302 g/mol. The minimum absolute atomic E-state index is 0.511. The summed E-state index contributed by atoms with van der Waals surface area (Å²) in [5, 5.41) is 12.6. The van der Waals surface area contributed by atoms with E-state index in [1.165, 1.54) is 6.33 Å². The molecule has 1 heterocycles. The normalized spacial score (nSPS) is 10.0. The zero-order chi connectivity index (χ0) is 15.2. The Morgan fingerprint density at radius 1 is 1.33 bits per heavy atom. The number of nitrogens with one attached hydrogen (secondary N) is 2. The van der Waals surface area contributed by atoms with Crippen LogP contribution in [0.1, 0.15) is 24.5 Å². The Morgan fingerprint density at radius 3 is 2.76 bits per heavy atom. The minimum atomic E-state index is 0.511. The molecule has 0 bridgehead atoms. The molecular weight excluding hydrogens is 288 g/mol. The molecule has 0 spiro atoms. The molecule has 0 aliphatic rings. The van der Waals surface area contributed by atoms with Crippen LogP contribution in [0, 0.1) is 11.3 Å². The maximum atomic E-state index is 8.97. The molecule has 1 aromatic carbocycles. The van der Waals surface area contributed by atoms with Crippen LogP contribution in [0.15, 0.2) is 24.5 Å². The number of benzene rings is 1. The highest BCUT2D eigenvalue weighted by Gasteiger charge is 2.12. The van der Waals surface area contributed by atoms with Crippen LogP contribution in [0.4, 0.5) is 17.3 Å². The number of aromatic nitrogens is 2. The summed E-state index contributed by atoms with van der Waals surface area (Å²) < 4.78 is 0. The molecule has 0 saturated heterocycles. The van der Waals surface area contributed by atoms with Crippen molar-refractivity contribution in [1.29, 1.82) is 5.26 Å². The van der Waals surface area contributed by atoms with Crippen molar-refractivity contribution in [3.63, 3.8) is 0 Å². The number of nitriles is 1. The van der Waals surface area contributed by atoms with Gasteiger partial charge in [0, 0.05) is 5.56 Å². The largest absolute Gasteiger partial charge is 0.339 e. The van der Waals surface area contributed by atoms with Crippen molar-refractivity contribution in [3.8, 4) is 6.07 Å². The summed E-state index contributed by atoms with van der Waals surface area (Å²) in [6.07, 6.45) is 3.10. The standard InChI is InChI=1S/C14H15ClN6/c1-2-3-10-13(18-8-19-14(10)21-17)20-12-6-9(7-16)4-5-11(12)15/h4-6,8H,2-3,17H2,1H3,(H2,18,19,20,21). The Balaban J connectivity index is 2.42. The van der Waals surface area contributed by atoms with Crippen molar-refractivity contribution in [3.05, 3.63) is 40.7 Å². The summed E-state index contributed by atoms with van der Waals surface area (Å²) in [6.45, 7) is 2.06. The van der Waals surface area contributed by atoms with Gasteiger partial charge in [0.05, 0.1) is 22.3 Å². The lowest BCUT2D eigenvalue weighted by Crippen LogP contribution is -2.13. The first kappa shape index (κ1) is 15.0. The van der Waals surface area contributed by atoms with Gasteiger partial charge in [-0.15, -0.1) is 0 Å². The van der Waals surface area contributed by atoms with Gasteiger partial charge in [0.25, 0.3) is 0 Å². The zero-order valence-electron chi connectivity index (χ0n) is 11.5. The van der Waals surface area contributed by atoms with Crippen LogP contribution in [-0.4, -0.2) is 9.97 Å². The van der Waals surface area contributed by atoms with E-state index in [9.17, 15) is 0 Å². The quantitative estimate of drug-likeness (QED) is 0.580. The van der Waals surface area contributed by atoms with Gasteiger partial charge in [-0.1, -0.05) is 24.9 Å². The number of hydrogen-bond donors (Lipinski definition) is 3. The fraction of sp³-hybridized carbons (Fsp3) is 0.214. The molecule has 0 aliphatic carbocycles. The van der Waals surface area contributed by atoms with Gasteiger partial charge in [0.1, 0.15) is 18.0 Å². The van der Waals surface area contributed by atoms with Crippen LogP contribution < -0.4 is 16.6 Å². The van der Waals surface area contributed by atoms with E-state index in [1.807, 2.05) is 0 Å². The first-order valence-electron chi connectivity index (χ1n) is 6.46. The number of hydrazine groups is 1. The summed E-state index contributed by atoms with van der Waals surface area (Å²) in [7, 11) is 0. The van der Waals surface area contributed by atoms with Gasteiger partial charge in [-0.2, -0.15) is 5.26 Å². The summed E-state index contributed by atoms with van der Waals surface area (Å²) in [5.74, 6) is 6.67. The topological polar surface area (TPSA) is 99.7 Å². The zero-order valence-corrected chi connectivity index (χ0v) is 12.3. The van der Waals surface area contributed by atoms with Crippen LogP contribution >= 0.6 is 11.6 Å². The van der Waals surface area contributed by atoms with Crippen molar-refractivity contribution in [2.75, 3.05) is 10.7 Å². The third-order valence-corrected chi connectivity index (χ3v) is 3.26. The van der Waals surface area contributed by atoms with Gasteiger partial charge in [0.15, 0.2) is 0 Å². The average molecular weight is 303 g/mol. The summed E-state index contributed by atoms with van der Waals surface area (Å²) in [5.41, 5.74) is 4.58. The van der Waals surface area contributed by atoms with Crippen molar-refractivity contribution in [2.24, 2.45) is 5.84 Å². The molecular formula is C14H15ClN6. The van der Waals surface area contributed by atoms with E-state index in [0.29, 0.717) is 27.9 Å². The van der Waals surface area contributed by atoms with Crippen LogP contribution in [-0.2, 0) is 6.42 Å². The number of nitrogens with two attached hydrogens (primary N) is 1. The second kappa shape index (κ2) is 6.88. The molecule has 0 atom stereocenters. The van der Waals surface area contributed by atoms with Gasteiger partial charge in [-0.05, 0) is 24.6 Å². The Kier molecular flexibility index (Phi) is 4.93. The van der Waals surface area contributed by atoms with Gasteiger partial charge in [-0.3, -0.25) is 0 Å². The van der Waals surface area contributed by atoms with Gasteiger partial charge < -0.3 is 10.7 Å². The van der Waals surface area contributed by atoms with E-state index in [4.69, 9.17) is 22.7 Å². The van der Waals surface area contributed by atoms with Crippen molar-refractivity contribution in [1.82, 2.24) is 9.97 Å². The third kappa shape index (κ3) is 3.40. The van der Waals surface area contributed by atoms with Crippen LogP contribution in [0.25, 0.3) is 0 Å². The number of nitrogens with zero attached hydrogens (tertiary/aromatic N) is 3. The van der Waals surface area contributed by atoms with Crippen LogP contribution in [0.2, 0.25) is 5.02 Å². The molecule has 0 aliphatic heterocycles. The predicted molar refractivity (Wildman–Crippen MR) is 83.3 cm³/mol. The Morgan fingerprint density at radius 2 is 2.10 bits per heavy atom. The number of nitrogen functional groups attached to an aromatic ring is 1. The lowest BCUT2D eigenvalue weighted by Gasteiger charge is -2.14. The van der Waals surface area contributed by atoms with E-state index in [-0.39, 0.29) is 0 Å². The molecule has 21 heavy (non-hydrogen) atoms. The summed E-state index contributed by atoms with van der Waals surface area (Å²) in [6, 6.07) is 7.09. The van der Waals surface area contributed by atoms with Crippen molar-refractivity contribution in [2.45, 2.75) is 19.8 Å². The summed E-state index contributed by atoms with van der Waals surface area (Å²) in [4.78, 5) is 8.34. The predicted octanol–water partition coefficient (Wildman–Crippen LogP) is 2.98. The molecule has 108 valence electrons. The second-order valence-corrected chi connectivity index (χ2v) is 4.78. The van der Waals surface area contributed by atoms with Gasteiger partial charge in [-0.25, -0.2) is 15.8 Å². The highest BCUT2D eigenvalue weighted by atomic mass is 35.5. The van der Waals surface area contributed by atoms with E-state index in [0.717, 1.165) is 18.4 Å².